The minimum atomic E-state index is 0.198. The minimum absolute atomic E-state index is 0.198. The van der Waals surface area contributed by atoms with Crippen LogP contribution in [0, 0.1) is 23.7 Å². The number of nitrogens with zero attached hydrogens (tertiary/aromatic N) is 2. The van der Waals surface area contributed by atoms with Crippen molar-refractivity contribution in [1.82, 2.24) is 4.98 Å². The number of nitriles is 1. The average Bonchev–Trinajstić information content (AvgIpc) is 2.16. The smallest absolute Gasteiger partial charge is 0.161 e. The molecule has 0 amide bonds. The van der Waals surface area contributed by atoms with Crippen molar-refractivity contribution in [2.24, 2.45) is 0 Å². The third-order valence-corrected chi connectivity index (χ3v) is 1.63. The molecule has 0 atom stereocenters. The van der Waals surface area contributed by atoms with Crippen LogP contribution in [-0.2, 0) is 0 Å². The van der Waals surface area contributed by atoms with Gasteiger partial charge >= 0.3 is 0 Å². The summed E-state index contributed by atoms with van der Waals surface area (Å²) in [6.07, 6.45) is 5.05. The van der Waals surface area contributed by atoms with Crippen molar-refractivity contribution in [3.8, 4) is 18.4 Å². The lowest BCUT2D eigenvalue weighted by Crippen LogP contribution is -2.01. The predicted octanol–water partition coefficient (Wildman–Crippen LogP) is 1.65. The second kappa shape index (κ2) is 4.35. The summed E-state index contributed by atoms with van der Waals surface area (Å²) in [5, 5.41) is 11.8. The highest BCUT2D eigenvalue weighted by molar-refractivity contribution is 6.31. The van der Waals surface area contributed by atoms with Gasteiger partial charge in [-0.05, 0) is 12.1 Å². The molecule has 1 N–H and O–H groups in total. The standard InChI is InChI=1S/C9H6ClN3/c1-2-5-12-9-4-3-7(10)8(6-11)13-9/h1,3-4H,5H2,(H,12,13). The largest absolute Gasteiger partial charge is 0.359 e. The number of hydrogen-bond donors (Lipinski definition) is 1. The molecule has 13 heavy (non-hydrogen) atoms. The van der Waals surface area contributed by atoms with Gasteiger partial charge in [0.2, 0.25) is 0 Å². The number of nitrogens with one attached hydrogen (secondary N) is 1. The predicted molar refractivity (Wildman–Crippen MR) is 51.3 cm³/mol. The molecular weight excluding hydrogens is 186 g/mol. The number of pyridine rings is 1. The van der Waals surface area contributed by atoms with Gasteiger partial charge < -0.3 is 5.32 Å². The van der Waals surface area contributed by atoms with Crippen LogP contribution in [0.25, 0.3) is 0 Å². The maximum Gasteiger partial charge on any atom is 0.161 e. The van der Waals surface area contributed by atoms with Gasteiger partial charge in [-0.1, -0.05) is 17.5 Å². The van der Waals surface area contributed by atoms with Crippen LogP contribution in [0.2, 0.25) is 5.02 Å². The van der Waals surface area contributed by atoms with E-state index in [2.05, 4.69) is 16.2 Å². The molecule has 0 bridgehead atoms. The number of halogens is 1. The molecule has 64 valence electrons. The third-order valence-electron chi connectivity index (χ3n) is 1.32. The summed E-state index contributed by atoms with van der Waals surface area (Å²) in [5.41, 5.74) is 0.198. The van der Waals surface area contributed by atoms with Gasteiger partial charge in [-0.25, -0.2) is 4.98 Å². The Hall–Kier alpha value is -1.71. The van der Waals surface area contributed by atoms with Gasteiger partial charge in [0.1, 0.15) is 11.9 Å². The Bertz CT molecular complexity index is 387. The van der Waals surface area contributed by atoms with Gasteiger partial charge in [-0.15, -0.1) is 6.42 Å². The molecule has 0 unspecified atom stereocenters. The molecule has 0 saturated carbocycles. The van der Waals surface area contributed by atoms with Gasteiger partial charge in [-0.2, -0.15) is 5.26 Å². The van der Waals surface area contributed by atoms with Gasteiger partial charge in [0.05, 0.1) is 11.6 Å². The molecule has 0 aliphatic heterocycles. The Kier molecular flexibility index (Phi) is 3.14. The fourth-order valence-corrected chi connectivity index (χ4v) is 0.908. The summed E-state index contributed by atoms with van der Waals surface area (Å²) in [7, 11) is 0. The molecule has 0 aromatic carbocycles. The molecule has 0 spiro atoms. The summed E-state index contributed by atoms with van der Waals surface area (Å²) in [6, 6.07) is 5.15. The Morgan fingerprint density at radius 2 is 2.38 bits per heavy atom. The normalized spacial score (nSPS) is 8.54. The molecule has 0 aliphatic rings. The second-order valence-electron chi connectivity index (χ2n) is 2.20. The Labute approximate surface area is 81.4 Å². The summed E-state index contributed by atoms with van der Waals surface area (Å²) in [6.45, 7) is 0.375. The van der Waals surface area contributed by atoms with Crippen molar-refractivity contribution >= 4 is 17.4 Å². The quantitative estimate of drug-likeness (QED) is 0.724. The van der Waals surface area contributed by atoms with E-state index in [9.17, 15) is 0 Å². The van der Waals surface area contributed by atoms with Crippen LogP contribution in [0.5, 0.6) is 0 Å². The average molecular weight is 192 g/mol. The summed E-state index contributed by atoms with van der Waals surface area (Å²) in [4.78, 5) is 3.93. The number of anilines is 1. The molecule has 0 aliphatic carbocycles. The molecule has 1 aromatic rings. The van der Waals surface area contributed by atoms with Gasteiger partial charge in [0, 0.05) is 0 Å². The van der Waals surface area contributed by atoms with E-state index < -0.39 is 0 Å². The van der Waals surface area contributed by atoms with Crippen LogP contribution >= 0.6 is 11.6 Å². The van der Waals surface area contributed by atoms with E-state index in [1.807, 2.05) is 6.07 Å². The zero-order valence-electron chi connectivity index (χ0n) is 6.71. The molecule has 1 heterocycles. The third kappa shape index (κ3) is 2.37. The summed E-state index contributed by atoms with van der Waals surface area (Å²) in [5.74, 6) is 2.96. The number of aromatic nitrogens is 1. The van der Waals surface area contributed by atoms with Crippen LogP contribution < -0.4 is 5.32 Å². The monoisotopic (exact) mass is 191 g/mol. The van der Waals surface area contributed by atoms with E-state index in [1.165, 1.54) is 0 Å². The van der Waals surface area contributed by atoms with Crippen molar-refractivity contribution in [1.29, 1.82) is 5.26 Å². The molecule has 0 fully saturated rings. The Morgan fingerprint density at radius 1 is 1.62 bits per heavy atom. The first kappa shape index (κ1) is 9.38. The van der Waals surface area contributed by atoms with E-state index >= 15 is 0 Å². The number of terminal acetylenes is 1. The Morgan fingerprint density at radius 3 is 3.00 bits per heavy atom. The summed E-state index contributed by atoms with van der Waals surface area (Å²) < 4.78 is 0. The topological polar surface area (TPSA) is 48.7 Å². The van der Waals surface area contributed by atoms with Crippen molar-refractivity contribution in [2.75, 3.05) is 11.9 Å². The Balaban J connectivity index is 2.89. The highest BCUT2D eigenvalue weighted by Crippen LogP contribution is 2.15. The van der Waals surface area contributed by atoms with E-state index in [0.717, 1.165) is 0 Å². The first-order valence-corrected chi connectivity index (χ1v) is 3.89. The summed E-state index contributed by atoms with van der Waals surface area (Å²) >= 11 is 5.68. The maximum absolute atomic E-state index is 8.60. The lowest BCUT2D eigenvalue weighted by atomic mass is 10.3. The van der Waals surface area contributed by atoms with E-state index in [0.29, 0.717) is 17.4 Å². The lowest BCUT2D eigenvalue weighted by molar-refractivity contribution is 1.21. The fraction of sp³-hybridized carbons (Fsp3) is 0.111. The van der Waals surface area contributed by atoms with Gasteiger partial charge in [-0.3, -0.25) is 0 Å². The van der Waals surface area contributed by atoms with Gasteiger partial charge in [0.15, 0.2) is 5.69 Å². The maximum atomic E-state index is 8.60. The molecule has 1 aromatic heterocycles. The second-order valence-corrected chi connectivity index (χ2v) is 2.60. The molecule has 3 nitrogen and oxygen atoms in total. The molecule has 0 saturated heterocycles. The lowest BCUT2D eigenvalue weighted by Gasteiger charge is -2.01. The molecule has 4 heteroatoms. The number of hydrogen-bond acceptors (Lipinski definition) is 3. The van der Waals surface area contributed by atoms with Crippen molar-refractivity contribution in [3.05, 3.63) is 22.8 Å². The molecular formula is C9H6ClN3. The first-order valence-electron chi connectivity index (χ1n) is 3.52. The first-order chi connectivity index (χ1) is 6.27. The van der Waals surface area contributed by atoms with Crippen LogP contribution in [0.1, 0.15) is 5.69 Å². The van der Waals surface area contributed by atoms with Gasteiger partial charge in [0.25, 0.3) is 0 Å². The van der Waals surface area contributed by atoms with E-state index in [4.69, 9.17) is 23.3 Å². The minimum Gasteiger partial charge on any atom is -0.359 e. The van der Waals surface area contributed by atoms with E-state index in [-0.39, 0.29) is 5.69 Å². The van der Waals surface area contributed by atoms with Crippen molar-refractivity contribution in [3.63, 3.8) is 0 Å². The van der Waals surface area contributed by atoms with E-state index in [1.54, 1.807) is 12.1 Å². The fourth-order valence-electron chi connectivity index (χ4n) is 0.761. The van der Waals surface area contributed by atoms with Crippen LogP contribution in [-0.4, -0.2) is 11.5 Å². The highest BCUT2D eigenvalue weighted by Gasteiger charge is 2.01. The number of rotatable bonds is 2. The van der Waals surface area contributed by atoms with Crippen LogP contribution in [0.4, 0.5) is 5.82 Å². The highest BCUT2D eigenvalue weighted by atomic mass is 35.5. The van der Waals surface area contributed by atoms with Crippen molar-refractivity contribution < 1.29 is 0 Å². The SMILES string of the molecule is C#CCNc1ccc(Cl)c(C#N)n1. The van der Waals surface area contributed by atoms with Crippen molar-refractivity contribution in [2.45, 2.75) is 0 Å². The zero-order valence-corrected chi connectivity index (χ0v) is 7.47. The van der Waals surface area contributed by atoms with Crippen LogP contribution in [0.3, 0.4) is 0 Å². The molecule has 1 rings (SSSR count). The zero-order chi connectivity index (χ0) is 9.68. The molecule has 0 radical (unpaired) electrons. The van der Waals surface area contributed by atoms with Crippen LogP contribution in [0.15, 0.2) is 12.1 Å².